The third kappa shape index (κ3) is 4.98. The summed E-state index contributed by atoms with van der Waals surface area (Å²) in [6.07, 6.45) is 5.99. The van der Waals surface area contributed by atoms with E-state index in [1.165, 1.54) is 44.0 Å². The van der Waals surface area contributed by atoms with Crippen molar-refractivity contribution in [1.82, 2.24) is 15.3 Å². The van der Waals surface area contributed by atoms with E-state index in [9.17, 15) is 14.0 Å². The third-order valence-electron chi connectivity index (χ3n) is 7.04. The summed E-state index contributed by atoms with van der Waals surface area (Å²) in [5.41, 5.74) is 2.72. The lowest BCUT2D eigenvalue weighted by atomic mass is 9.77. The Morgan fingerprint density at radius 2 is 1.84 bits per heavy atom. The molecule has 0 amide bonds. The van der Waals surface area contributed by atoms with Gasteiger partial charge in [-0.25, -0.2) is 23.9 Å². The van der Waals surface area contributed by atoms with Crippen LogP contribution in [0.2, 0.25) is 0 Å². The van der Waals surface area contributed by atoms with Crippen molar-refractivity contribution in [2.24, 2.45) is 10.9 Å². The Bertz CT molecular complexity index is 1410. The second kappa shape index (κ2) is 10.9. The highest BCUT2D eigenvalue weighted by Gasteiger charge is 2.38. The molecule has 1 fully saturated rings. The molecule has 1 aliphatic carbocycles. The number of ether oxygens (including phenoxy) is 2. The van der Waals surface area contributed by atoms with Crippen LogP contribution in [-0.2, 0) is 14.3 Å². The van der Waals surface area contributed by atoms with Gasteiger partial charge in [0.25, 0.3) is 0 Å². The molecule has 0 bridgehead atoms. The number of thiazole rings is 1. The fourth-order valence-corrected chi connectivity index (χ4v) is 5.73. The topological polar surface area (TPSA) is 116 Å². The quantitative estimate of drug-likeness (QED) is 0.443. The van der Waals surface area contributed by atoms with Crippen molar-refractivity contribution in [3.8, 4) is 0 Å². The zero-order valence-electron chi connectivity index (χ0n) is 21.2. The van der Waals surface area contributed by atoms with Crippen LogP contribution in [0.3, 0.4) is 0 Å². The molecule has 1 N–H and O–H groups in total. The van der Waals surface area contributed by atoms with E-state index in [4.69, 9.17) is 18.9 Å². The van der Waals surface area contributed by atoms with Gasteiger partial charge in [-0.15, -0.1) is 11.3 Å². The summed E-state index contributed by atoms with van der Waals surface area (Å²) in [7, 11) is 2.65. The Balaban J connectivity index is 1.49. The van der Waals surface area contributed by atoms with Gasteiger partial charge in [0.1, 0.15) is 18.1 Å². The van der Waals surface area contributed by atoms with Gasteiger partial charge >= 0.3 is 11.9 Å². The average molecular weight is 539 g/mol. The Morgan fingerprint density at radius 1 is 1.11 bits per heavy atom. The van der Waals surface area contributed by atoms with Gasteiger partial charge in [0, 0.05) is 23.2 Å². The molecule has 198 valence electrons. The number of nitrogens with zero attached hydrogens (tertiary/aromatic N) is 3. The van der Waals surface area contributed by atoms with Gasteiger partial charge in [0.05, 0.1) is 19.8 Å². The van der Waals surface area contributed by atoms with Gasteiger partial charge in [-0.05, 0) is 61.8 Å². The molecule has 1 aliphatic heterocycles. The molecule has 9 nitrogen and oxygen atoms in total. The molecule has 1 aromatic carbocycles. The number of benzene rings is 1. The number of amidine groups is 1. The molecular formula is C27H27FN4O5S. The molecule has 2 aromatic heterocycles. The third-order valence-corrected chi connectivity index (χ3v) is 7.82. The van der Waals surface area contributed by atoms with Crippen LogP contribution in [0.4, 0.5) is 4.39 Å². The van der Waals surface area contributed by atoms with Crippen LogP contribution in [0.25, 0.3) is 0 Å². The Labute approximate surface area is 222 Å². The van der Waals surface area contributed by atoms with Crippen molar-refractivity contribution in [2.45, 2.75) is 44.6 Å². The Hall–Kier alpha value is -3.86. The predicted molar refractivity (Wildman–Crippen MR) is 137 cm³/mol. The summed E-state index contributed by atoms with van der Waals surface area (Å²) in [5, 5.41) is 5.96. The van der Waals surface area contributed by atoms with Crippen molar-refractivity contribution in [3.05, 3.63) is 80.8 Å². The highest BCUT2D eigenvalue weighted by molar-refractivity contribution is 7.11. The van der Waals surface area contributed by atoms with Crippen molar-refractivity contribution in [1.29, 1.82) is 0 Å². The number of aliphatic imine (C=N–C) groups is 1. The molecule has 1 saturated carbocycles. The van der Waals surface area contributed by atoms with E-state index >= 15 is 0 Å². The van der Waals surface area contributed by atoms with Crippen LogP contribution in [0.15, 0.2) is 56.7 Å². The summed E-state index contributed by atoms with van der Waals surface area (Å²) in [5.74, 6) is -0.263. The molecule has 11 heteroatoms. The minimum atomic E-state index is -0.676. The van der Waals surface area contributed by atoms with Crippen LogP contribution >= 0.6 is 11.3 Å². The highest BCUT2D eigenvalue weighted by atomic mass is 32.1. The maximum absolute atomic E-state index is 13.9. The normalized spacial score (nSPS) is 21.5. The van der Waals surface area contributed by atoms with Gasteiger partial charge in [0.15, 0.2) is 22.4 Å². The van der Waals surface area contributed by atoms with Crippen LogP contribution in [0.5, 0.6) is 0 Å². The van der Waals surface area contributed by atoms with E-state index in [-0.39, 0.29) is 23.3 Å². The molecule has 0 saturated heterocycles. The minimum Gasteiger partial charge on any atom is -0.466 e. The van der Waals surface area contributed by atoms with Gasteiger partial charge in [0.2, 0.25) is 0 Å². The second-order valence-corrected chi connectivity index (χ2v) is 10.2. The smallest absolute Gasteiger partial charge is 0.360 e. The maximum atomic E-state index is 13.9. The Kier molecular flexibility index (Phi) is 7.37. The van der Waals surface area contributed by atoms with E-state index in [0.29, 0.717) is 27.9 Å². The molecule has 2 aliphatic rings. The van der Waals surface area contributed by atoms with Gasteiger partial charge < -0.3 is 19.2 Å². The number of esters is 2. The zero-order chi connectivity index (χ0) is 26.8. The lowest BCUT2D eigenvalue weighted by molar-refractivity contribution is -0.136. The molecule has 3 heterocycles. The number of hydrogen-bond donors (Lipinski definition) is 1. The van der Waals surface area contributed by atoms with Gasteiger partial charge in [-0.2, -0.15) is 0 Å². The van der Waals surface area contributed by atoms with E-state index in [2.05, 4.69) is 15.3 Å². The molecule has 5 rings (SSSR count). The lowest BCUT2D eigenvalue weighted by Gasteiger charge is -2.34. The lowest BCUT2D eigenvalue weighted by Crippen LogP contribution is -2.37. The molecular weight excluding hydrogens is 511 g/mol. The number of rotatable bonds is 6. The first-order valence-electron chi connectivity index (χ1n) is 12.3. The summed E-state index contributed by atoms with van der Waals surface area (Å²) in [6, 6.07) is 3.81. The number of carbonyl (C=O) groups excluding carboxylic acids is 2. The Morgan fingerprint density at radius 3 is 2.50 bits per heavy atom. The number of aromatic nitrogens is 2. The number of carbonyl (C=O) groups is 2. The summed E-state index contributed by atoms with van der Waals surface area (Å²) < 4.78 is 29.5. The van der Waals surface area contributed by atoms with E-state index in [0.717, 1.165) is 36.9 Å². The first kappa shape index (κ1) is 25.8. The second-order valence-electron chi connectivity index (χ2n) is 9.27. The first-order valence-corrected chi connectivity index (χ1v) is 13.1. The summed E-state index contributed by atoms with van der Waals surface area (Å²) >= 11 is 1.44. The van der Waals surface area contributed by atoms with Crippen LogP contribution in [0, 0.1) is 18.7 Å². The van der Waals surface area contributed by atoms with Crippen molar-refractivity contribution >= 4 is 29.1 Å². The largest absolute Gasteiger partial charge is 0.466 e. The number of aryl methyl sites for hydroxylation is 1. The zero-order valence-corrected chi connectivity index (χ0v) is 22.0. The molecule has 0 radical (unpaired) electrons. The number of allylic oxidation sites excluding steroid dienone is 1. The van der Waals surface area contributed by atoms with Gasteiger partial charge in [-0.3, -0.25) is 4.99 Å². The summed E-state index contributed by atoms with van der Waals surface area (Å²) in [4.78, 5) is 38.6. The SMILES string of the molecule is COC(=O)C1=C([C@H]2CC[C@@H](c3nc(C(=O)OC)co3)CC2)NC(c2nccs2)=NC1c1ccc(F)cc1C. The molecule has 38 heavy (non-hydrogen) atoms. The van der Waals surface area contributed by atoms with Gasteiger partial charge in [-0.1, -0.05) is 6.07 Å². The number of oxazole rings is 1. The molecule has 1 atom stereocenters. The standard InChI is InChI=1S/C27H27FN4O5S/c1-14-12-17(28)8-9-18(14)22-20(27(34)36-3)21(31-23(32-22)25-29-10-11-38-25)15-4-6-16(7-5-15)24-30-19(13-37-24)26(33)35-2/h8-13,15-16,22H,4-7H2,1-3H3,(H,31,32)/t15-,16+,22?. The van der Waals surface area contributed by atoms with E-state index in [1.807, 2.05) is 5.38 Å². The first-order chi connectivity index (χ1) is 18.4. The monoisotopic (exact) mass is 538 g/mol. The average Bonchev–Trinajstić information content (AvgIpc) is 3.65. The number of hydrogen-bond acceptors (Lipinski definition) is 10. The molecule has 1 unspecified atom stereocenters. The van der Waals surface area contributed by atoms with Crippen LogP contribution in [0.1, 0.15) is 70.2 Å². The van der Waals surface area contributed by atoms with Crippen LogP contribution < -0.4 is 5.32 Å². The predicted octanol–water partition coefficient (Wildman–Crippen LogP) is 4.86. The van der Waals surface area contributed by atoms with Crippen molar-refractivity contribution < 1.29 is 27.9 Å². The van der Waals surface area contributed by atoms with Crippen molar-refractivity contribution in [2.75, 3.05) is 14.2 Å². The van der Waals surface area contributed by atoms with E-state index < -0.39 is 18.0 Å². The van der Waals surface area contributed by atoms with Crippen molar-refractivity contribution in [3.63, 3.8) is 0 Å². The molecule has 3 aromatic rings. The van der Waals surface area contributed by atoms with Crippen LogP contribution in [-0.4, -0.2) is 42.0 Å². The van der Waals surface area contributed by atoms with E-state index in [1.54, 1.807) is 19.2 Å². The summed E-state index contributed by atoms with van der Waals surface area (Å²) in [6.45, 7) is 1.80. The highest BCUT2D eigenvalue weighted by Crippen LogP contribution is 2.43. The molecule has 0 spiro atoms. The number of nitrogens with one attached hydrogen (secondary N) is 1. The fourth-order valence-electron chi connectivity index (χ4n) is 5.14. The maximum Gasteiger partial charge on any atom is 0.360 e. The fraction of sp³-hybridized carbons (Fsp3) is 0.370. The minimum absolute atomic E-state index is 0.00380. The number of halogens is 1. The number of methoxy groups -OCH3 is 2.